The zero-order valence-electron chi connectivity index (χ0n) is 21.7. The molecule has 1 aromatic carbocycles. The van der Waals surface area contributed by atoms with Gasteiger partial charge in [-0.05, 0) is 69.7 Å². The number of hydrogen-bond donors (Lipinski definition) is 0. The molecule has 2 fully saturated rings. The maximum Gasteiger partial charge on any atom is 0.309 e. The molecule has 36 heavy (non-hydrogen) atoms. The Bertz CT molecular complexity index is 1130. The first kappa shape index (κ1) is 25.8. The van der Waals surface area contributed by atoms with E-state index in [-0.39, 0.29) is 36.1 Å². The summed E-state index contributed by atoms with van der Waals surface area (Å²) in [6.45, 7) is 5.51. The molecule has 8 nitrogen and oxygen atoms in total. The van der Waals surface area contributed by atoms with Crippen molar-refractivity contribution in [3.05, 3.63) is 46.8 Å². The average molecular weight is 497 g/mol. The van der Waals surface area contributed by atoms with Crippen LogP contribution in [0.4, 0.5) is 0 Å². The molecule has 0 unspecified atom stereocenters. The number of carbonyl (C=O) groups excluding carboxylic acids is 3. The summed E-state index contributed by atoms with van der Waals surface area (Å²) in [6.07, 6.45) is 3.92. The lowest BCUT2D eigenvalue weighted by atomic mass is 9.96. The van der Waals surface area contributed by atoms with E-state index in [2.05, 4.69) is 4.57 Å². The fraction of sp³-hybridized carbons (Fsp3) is 0.536. The van der Waals surface area contributed by atoms with Crippen LogP contribution in [0, 0.1) is 25.7 Å². The molecule has 1 saturated heterocycles. The maximum absolute atomic E-state index is 12.9. The van der Waals surface area contributed by atoms with E-state index in [9.17, 15) is 14.4 Å². The predicted molar refractivity (Wildman–Crippen MR) is 134 cm³/mol. The maximum atomic E-state index is 12.9. The number of hydrogen-bond acceptors (Lipinski definition) is 6. The third-order valence-electron chi connectivity index (χ3n) is 7.36. The molecule has 194 valence electrons. The number of rotatable bonds is 10. The number of aromatic nitrogens is 1. The summed E-state index contributed by atoms with van der Waals surface area (Å²) in [5, 5.41) is 0. The van der Waals surface area contributed by atoms with Crippen LogP contribution in [0.3, 0.4) is 0 Å². The number of ketones is 1. The second-order valence-corrected chi connectivity index (χ2v) is 9.78. The Morgan fingerprint density at radius 3 is 2.25 bits per heavy atom. The first-order valence-corrected chi connectivity index (χ1v) is 12.7. The number of likely N-dealkylation sites (tertiary alicyclic amines) is 1. The zero-order chi connectivity index (χ0) is 25.8. The molecule has 2 heterocycles. The van der Waals surface area contributed by atoms with Crippen LogP contribution in [-0.4, -0.2) is 61.0 Å². The van der Waals surface area contributed by atoms with Crippen molar-refractivity contribution in [1.29, 1.82) is 0 Å². The van der Waals surface area contributed by atoms with E-state index in [4.69, 9.17) is 14.2 Å². The van der Waals surface area contributed by atoms with Crippen molar-refractivity contribution in [3.8, 4) is 11.5 Å². The minimum atomic E-state index is -0.343. The summed E-state index contributed by atoms with van der Waals surface area (Å²) in [5.74, 6) is 1.00. The van der Waals surface area contributed by atoms with Crippen molar-refractivity contribution in [2.75, 3.05) is 33.9 Å². The van der Waals surface area contributed by atoms with Gasteiger partial charge in [0.25, 0.3) is 0 Å². The van der Waals surface area contributed by atoms with Gasteiger partial charge in [0.15, 0.2) is 18.1 Å². The summed E-state index contributed by atoms with van der Waals surface area (Å²) in [7, 11) is 3.23. The van der Waals surface area contributed by atoms with Crippen molar-refractivity contribution in [2.24, 2.45) is 11.8 Å². The lowest BCUT2D eigenvalue weighted by Crippen LogP contribution is -2.41. The molecular weight excluding hydrogens is 460 g/mol. The van der Waals surface area contributed by atoms with Crippen LogP contribution in [0.5, 0.6) is 11.5 Å². The number of Topliss-reactive ketones (excluding diaryl/α,β-unsaturated/α-hetero) is 1. The van der Waals surface area contributed by atoms with Gasteiger partial charge in [-0.2, -0.15) is 0 Å². The van der Waals surface area contributed by atoms with Crippen LogP contribution in [0.25, 0.3) is 0 Å². The third-order valence-corrected chi connectivity index (χ3v) is 7.36. The molecule has 2 aromatic rings. The van der Waals surface area contributed by atoms with Crippen LogP contribution in [0.2, 0.25) is 0 Å². The van der Waals surface area contributed by atoms with E-state index in [1.165, 1.54) is 0 Å². The highest BCUT2D eigenvalue weighted by Crippen LogP contribution is 2.32. The number of aryl methyl sites for hydroxylation is 2. The van der Waals surface area contributed by atoms with Crippen molar-refractivity contribution in [2.45, 2.75) is 52.5 Å². The fourth-order valence-corrected chi connectivity index (χ4v) is 4.96. The minimum Gasteiger partial charge on any atom is -0.493 e. The molecule has 1 aliphatic carbocycles. The molecule has 0 spiro atoms. The highest BCUT2D eigenvalue weighted by molar-refractivity contribution is 5.99. The monoisotopic (exact) mass is 496 g/mol. The van der Waals surface area contributed by atoms with Crippen molar-refractivity contribution >= 4 is 17.7 Å². The molecule has 0 atom stereocenters. The number of nitrogens with zero attached hydrogens (tertiary/aromatic N) is 2. The van der Waals surface area contributed by atoms with Crippen LogP contribution in [-0.2, 0) is 27.3 Å². The molecule has 0 N–H and O–H groups in total. The lowest BCUT2D eigenvalue weighted by molar-refractivity contribution is -0.150. The van der Waals surface area contributed by atoms with Crippen molar-refractivity contribution in [3.63, 3.8) is 0 Å². The Hall–Kier alpha value is -3.29. The number of esters is 1. The molecule has 1 saturated carbocycles. The fourth-order valence-electron chi connectivity index (χ4n) is 4.96. The Kier molecular flexibility index (Phi) is 8.01. The largest absolute Gasteiger partial charge is 0.493 e. The Balaban J connectivity index is 1.29. The molecule has 0 bridgehead atoms. The van der Waals surface area contributed by atoms with Gasteiger partial charge in [-0.3, -0.25) is 14.4 Å². The minimum absolute atomic E-state index is 0.198. The lowest BCUT2D eigenvalue weighted by Gasteiger charge is -2.31. The van der Waals surface area contributed by atoms with Crippen LogP contribution in [0.15, 0.2) is 24.3 Å². The summed E-state index contributed by atoms with van der Waals surface area (Å²) in [5.41, 5.74) is 3.53. The summed E-state index contributed by atoms with van der Waals surface area (Å²) in [6, 6.07) is 7.72. The third kappa shape index (κ3) is 5.74. The quantitative estimate of drug-likeness (QED) is 0.368. The summed E-state index contributed by atoms with van der Waals surface area (Å²) < 4.78 is 18.2. The number of benzene rings is 1. The van der Waals surface area contributed by atoms with E-state index < -0.39 is 0 Å². The normalized spacial score (nSPS) is 16.1. The van der Waals surface area contributed by atoms with E-state index in [1.54, 1.807) is 14.2 Å². The average Bonchev–Trinajstić information content (AvgIpc) is 3.71. The molecule has 1 amide bonds. The van der Waals surface area contributed by atoms with E-state index in [0.29, 0.717) is 49.5 Å². The van der Waals surface area contributed by atoms with E-state index in [0.717, 1.165) is 36.2 Å². The Morgan fingerprint density at radius 1 is 0.917 bits per heavy atom. The van der Waals surface area contributed by atoms with Gasteiger partial charge in [0, 0.05) is 42.5 Å². The predicted octanol–water partition coefficient (Wildman–Crippen LogP) is 3.74. The number of piperidine rings is 1. The van der Waals surface area contributed by atoms with Gasteiger partial charge in [-0.1, -0.05) is 6.07 Å². The van der Waals surface area contributed by atoms with Gasteiger partial charge in [-0.25, -0.2) is 0 Å². The first-order valence-electron chi connectivity index (χ1n) is 12.7. The van der Waals surface area contributed by atoms with Crippen molar-refractivity contribution in [1.82, 2.24) is 9.47 Å². The standard InChI is InChI=1S/C28H36N2O6/c1-18-15-23(19(2)30(18)14-9-20-5-8-25(34-3)26(16-20)35-4)24(31)17-36-28(33)22-10-12-29(13-11-22)27(32)21-6-7-21/h5,8,15-16,21-22H,6-7,9-14,17H2,1-4H3. The molecule has 0 radical (unpaired) electrons. The molecule has 1 aliphatic heterocycles. The Morgan fingerprint density at radius 2 is 1.61 bits per heavy atom. The van der Waals surface area contributed by atoms with E-state index in [1.807, 2.05) is 43.0 Å². The van der Waals surface area contributed by atoms with Gasteiger partial charge in [0.2, 0.25) is 11.7 Å². The smallest absolute Gasteiger partial charge is 0.309 e. The number of carbonyl (C=O) groups is 3. The van der Waals surface area contributed by atoms with Gasteiger partial charge >= 0.3 is 5.97 Å². The van der Waals surface area contributed by atoms with Crippen molar-refractivity contribution < 1.29 is 28.6 Å². The van der Waals surface area contributed by atoms with Crippen LogP contribution < -0.4 is 9.47 Å². The van der Waals surface area contributed by atoms with Gasteiger partial charge in [-0.15, -0.1) is 0 Å². The Labute approximate surface area is 212 Å². The second-order valence-electron chi connectivity index (χ2n) is 9.78. The zero-order valence-corrected chi connectivity index (χ0v) is 21.7. The molecule has 8 heteroatoms. The number of ether oxygens (including phenoxy) is 3. The topological polar surface area (TPSA) is 87.1 Å². The van der Waals surface area contributed by atoms with Crippen LogP contribution >= 0.6 is 0 Å². The molecule has 1 aromatic heterocycles. The van der Waals surface area contributed by atoms with E-state index >= 15 is 0 Å². The summed E-state index contributed by atoms with van der Waals surface area (Å²) >= 11 is 0. The van der Waals surface area contributed by atoms with Gasteiger partial charge in [0.1, 0.15) is 0 Å². The highest BCUT2D eigenvalue weighted by atomic mass is 16.5. The first-order chi connectivity index (χ1) is 17.3. The second kappa shape index (κ2) is 11.2. The SMILES string of the molecule is COc1ccc(CCn2c(C)cc(C(=O)COC(=O)C3CCN(C(=O)C4CC4)CC3)c2C)cc1OC. The van der Waals surface area contributed by atoms with Crippen LogP contribution in [0.1, 0.15) is 53.0 Å². The molecular formula is C28H36N2O6. The summed E-state index contributed by atoms with van der Waals surface area (Å²) in [4.78, 5) is 39.5. The molecule has 4 rings (SSSR count). The van der Waals surface area contributed by atoms with Gasteiger partial charge < -0.3 is 23.7 Å². The number of amides is 1. The highest BCUT2D eigenvalue weighted by Gasteiger charge is 2.36. The number of methoxy groups -OCH3 is 2. The van der Waals surface area contributed by atoms with Gasteiger partial charge in [0.05, 0.1) is 20.1 Å². The molecule has 2 aliphatic rings.